The molecule has 8 heteroatoms. The summed E-state index contributed by atoms with van der Waals surface area (Å²) < 4.78 is 9.45. The highest BCUT2D eigenvalue weighted by Gasteiger charge is 2.35. The lowest BCUT2D eigenvalue weighted by Gasteiger charge is -2.25. The number of hydrogen-bond donors (Lipinski definition) is 0. The standard InChI is InChI=1S/2C25H40NSi.C24H38NSi.C22H32NSi/c1-11-19(12-2)22-16-23(26(7)17-24(22)27(8,9)10)21-14-13-20(15-18(21)3)25(4,5)6;1-10-21(11-2)23-16-24(26(6)17-25(23)27(7,8)9)22-13-12-20(14-18(3)4)15-19(22)5;1-10-19(11-2)22-15-23(25(6)16-24(22)26(7,8)9)21-13-12-20(17(3)4)14-18(21)5;1-16-11-12-17(2)19(13-16)21-14-20(18-9-7-8-10-18)22(15-23(21)3)24(4,5)6/h13-17,19H,11-12H2,1-10H3;12-13,15-18,21H,10-11,14H2,1-9H3;12-17,19H,10-11H2,1-9H3;11-15,18H,7-10H2,1-6H3/q4*+1. The summed E-state index contributed by atoms with van der Waals surface area (Å²) in [7, 11) is 3.35. The highest BCUT2D eigenvalue weighted by atomic mass is 28.3. The maximum atomic E-state index is 2.53. The van der Waals surface area contributed by atoms with E-state index in [9.17, 15) is 0 Å². The first-order valence-electron chi connectivity index (χ1n) is 40.9. The highest BCUT2D eigenvalue weighted by molar-refractivity contribution is 6.90. The number of aryl methyl sites for hydroxylation is 9. The van der Waals surface area contributed by atoms with Gasteiger partial charge in [-0.05, 0) is 219 Å². The Morgan fingerprint density at radius 1 is 0.385 bits per heavy atom. The van der Waals surface area contributed by atoms with E-state index in [-0.39, 0.29) is 5.41 Å². The lowest BCUT2D eigenvalue weighted by molar-refractivity contribution is -0.659. The largest absolute Gasteiger partial charge is 0.212 e. The van der Waals surface area contributed by atoms with E-state index in [1.807, 2.05) is 0 Å². The van der Waals surface area contributed by atoms with Crippen LogP contribution < -0.4 is 39.0 Å². The Hall–Kier alpha value is -5.65. The fraction of sp³-hybridized carbons (Fsp3) is 0.542. The van der Waals surface area contributed by atoms with Crippen LogP contribution in [-0.2, 0) is 40.0 Å². The second-order valence-corrected chi connectivity index (χ2v) is 57.8. The van der Waals surface area contributed by atoms with Crippen LogP contribution in [0.5, 0.6) is 0 Å². The molecule has 4 aromatic heterocycles. The normalized spacial score (nSPS) is 13.2. The zero-order valence-electron chi connectivity index (χ0n) is 73.1. The number of benzene rings is 4. The Balaban J connectivity index is 0.000000218. The van der Waals surface area contributed by atoms with Crippen LogP contribution in [0.2, 0.25) is 78.6 Å². The van der Waals surface area contributed by atoms with E-state index in [1.165, 1.54) is 154 Å². The van der Waals surface area contributed by atoms with Gasteiger partial charge in [0.05, 0.1) is 32.3 Å². The minimum Gasteiger partial charge on any atom is -0.201 e. The summed E-state index contributed by atoms with van der Waals surface area (Å²) in [5.41, 5.74) is 28.7. The number of nitrogens with zero attached hydrogens (tertiary/aromatic N) is 4. The van der Waals surface area contributed by atoms with Gasteiger partial charge < -0.3 is 0 Å². The average molecular weight is 1470 g/mol. The van der Waals surface area contributed by atoms with Gasteiger partial charge in [-0.1, -0.05) is 236 Å². The summed E-state index contributed by atoms with van der Waals surface area (Å²) in [4.78, 5) is 0. The first-order chi connectivity index (χ1) is 48.3. The van der Waals surface area contributed by atoms with Gasteiger partial charge in [-0.2, -0.15) is 0 Å². The van der Waals surface area contributed by atoms with Crippen molar-refractivity contribution >= 4 is 53.0 Å². The van der Waals surface area contributed by atoms with Crippen molar-refractivity contribution < 1.29 is 18.3 Å². The van der Waals surface area contributed by atoms with E-state index in [4.69, 9.17) is 0 Å². The first kappa shape index (κ1) is 87.3. The summed E-state index contributed by atoms with van der Waals surface area (Å²) in [6, 6.07) is 37.9. The number of hydrogen-bond acceptors (Lipinski definition) is 0. The smallest absolute Gasteiger partial charge is 0.201 e. The molecule has 1 aliphatic rings. The Morgan fingerprint density at radius 2 is 0.740 bits per heavy atom. The second-order valence-electron chi connectivity index (χ2n) is 37.7. The maximum Gasteiger partial charge on any atom is 0.212 e. The lowest BCUT2D eigenvalue weighted by atomic mass is 9.84. The van der Waals surface area contributed by atoms with E-state index in [0.717, 1.165) is 12.3 Å². The van der Waals surface area contributed by atoms with Gasteiger partial charge in [0.15, 0.2) is 24.8 Å². The van der Waals surface area contributed by atoms with Crippen LogP contribution in [0, 0.1) is 40.5 Å². The number of aromatic nitrogens is 4. The SMILES string of the molecule is CCC(CC)c1cc(-c2ccc(C(C)(C)C)cc2C)[n+](C)cc1[Si](C)(C)C.CCC(CC)c1cc(-c2ccc(C(C)C)cc2C)[n+](C)cc1[Si](C)(C)C.CCC(CC)c1cc(-c2ccc(CC(C)C)cc2C)[n+](C)cc1[Si](C)(C)C.Cc1ccc(C)c(-c2cc(C3CCCC3)c([Si](C)(C)C)c[n+]2C)c1. The first-order valence-corrected chi connectivity index (χ1v) is 54.9. The van der Waals surface area contributed by atoms with Gasteiger partial charge in [0, 0.05) is 67.3 Å². The molecule has 9 rings (SSSR count). The molecule has 0 spiro atoms. The summed E-state index contributed by atoms with van der Waals surface area (Å²) >= 11 is 0. The molecular formula is C96H150N4Si4+4. The molecule has 4 heterocycles. The zero-order chi connectivity index (χ0) is 78.1. The van der Waals surface area contributed by atoms with Crippen LogP contribution in [-0.4, -0.2) is 32.3 Å². The molecule has 0 aliphatic heterocycles. The van der Waals surface area contributed by atoms with Crippen molar-refractivity contribution in [3.8, 4) is 45.0 Å². The third kappa shape index (κ3) is 22.0. The van der Waals surface area contributed by atoms with Crippen LogP contribution in [0.25, 0.3) is 45.0 Å². The summed E-state index contributed by atoms with van der Waals surface area (Å²) in [6.07, 6.45) is 23.7. The molecule has 0 amide bonds. The average Bonchev–Trinajstić information content (AvgIpc) is 0.874. The molecule has 1 fully saturated rings. The summed E-state index contributed by atoms with van der Waals surface area (Å²) in [6.45, 7) is 70.9. The van der Waals surface area contributed by atoms with Crippen LogP contribution >= 0.6 is 0 Å². The quantitative estimate of drug-likeness (QED) is 0.0503. The molecule has 0 N–H and O–H groups in total. The molecule has 0 bridgehead atoms. The van der Waals surface area contributed by atoms with Crippen molar-refractivity contribution in [2.24, 2.45) is 34.1 Å². The second kappa shape index (κ2) is 36.5. The molecule has 4 aromatic carbocycles. The molecule has 0 unspecified atom stereocenters. The van der Waals surface area contributed by atoms with E-state index >= 15 is 0 Å². The fourth-order valence-corrected chi connectivity index (χ4v) is 23.3. The van der Waals surface area contributed by atoms with Crippen LogP contribution in [0.15, 0.2) is 122 Å². The molecule has 4 nitrogen and oxygen atoms in total. The van der Waals surface area contributed by atoms with Gasteiger partial charge in [0.1, 0.15) is 28.2 Å². The monoisotopic (exact) mass is 1470 g/mol. The zero-order valence-corrected chi connectivity index (χ0v) is 77.1. The molecule has 566 valence electrons. The van der Waals surface area contributed by atoms with Crippen molar-refractivity contribution in [2.75, 3.05) is 0 Å². The molecular weight excluding hydrogens is 1320 g/mol. The minimum absolute atomic E-state index is 0.188. The van der Waals surface area contributed by atoms with Gasteiger partial charge in [-0.15, -0.1) is 0 Å². The van der Waals surface area contributed by atoms with Crippen molar-refractivity contribution in [3.63, 3.8) is 0 Å². The van der Waals surface area contributed by atoms with Crippen LogP contribution in [0.3, 0.4) is 0 Å². The van der Waals surface area contributed by atoms with E-state index in [1.54, 1.807) is 43.0 Å². The Labute approximate surface area is 643 Å². The van der Waals surface area contributed by atoms with Crippen molar-refractivity contribution in [3.05, 3.63) is 189 Å². The van der Waals surface area contributed by atoms with E-state index in [0.29, 0.717) is 29.6 Å². The molecule has 104 heavy (non-hydrogen) atoms. The van der Waals surface area contributed by atoms with Crippen molar-refractivity contribution in [1.82, 2.24) is 0 Å². The Kier molecular flexibility index (Phi) is 30.6. The minimum atomic E-state index is -1.40. The molecule has 0 radical (unpaired) electrons. The van der Waals surface area contributed by atoms with Gasteiger partial charge >= 0.3 is 0 Å². The highest BCUT2D eigenvalue weighted by Crippen LogP contribution is 2.38. The van der Waals surface area contributed by atoms with Crippen molar-refractivity contribution in [2.45, 2.75) is 309 Å². The van der Waals surface area contributed by atoms with Gasteiger partial charge in [0.25, 0.3) is 0 Å². The topological polar surface area (TPSA) is 15.5 Å². The maximum absolute atomic E-state index is 2.53. The fourth-order valence-electron chi connectivity index (χ4n) is 16.4. The molecule has 1 saturated carbocycles. The van der Waals surface area contributed by atoms with Crippen LogP contribution in [0.4, 0.5) is 0 Å². The van der Waals surface area contributed by atoms with Gasteiger partial charge in [0.2, 0.25) is 22.8 Å². The molecule has 0 atom stereocenters. The third-order valence-corrected chi connectivity index (χ3v) is 31.1. The molecule has 1 aliphatic carbocycles. The Morgan fingerprint density at radius 3 is 1.08 bits per heavy atom. The number of pyridine rings is 4. The summed E-state index contributed by atoms with van der Waals surface area (Å²) in [5, 5.41) is 6.52. The third-order valence-electron chi connectivity index (χ3n) is 23.0. The van der Waals surface area contributed by atoms with E-state index < -0.39 is 32.3 Å². The summed E-state index contributed by atoms with van der Waals surface area (Å²) in [5.74, 6) is 4.02. The number of rotatable bonds is 21. The predicted octanol–water partition coefficient (Wildman–Crippen LogP) is 23.4. The molecule has 8 aromatic rings. The Bertz CT molecular complexity index is 4170. The van der Waals surface area contributed by atoms with Gasteiger partial charge in [-0.3, -0.25) is 0 Å². The van der Waals surface area contributed by atoms with Crippen molar-refractivity contribution in [1.29, 1.82) is 0 Å². The van der Waals surface area contributed by atoms with Crippen LogP contribution in [0.1, 0.15) is 251 Å². The molecule has 0 saturated heterocycles. The van der Waals surface area contributed by atoms with E-state index in [2.05, 4.69) is 371 Å². The lowest BCUT2D eigenvalue weighted by Crippen LogP contribution is -2.47. The van der Waals surface area contributed by atoms with Gasteiger partial charge in [-0.25, -0.2) is 18.3 Å². The predicted molar refractivity (Wildman–Crippen MR) is 470 cm³/mol.